The summed E-state index contributed by atoms with van der Waals surface area (Å²) in [5.74, 6) is -0.140. The zero-order valence-corrected chi connectivity index (χ0v) is 12.3. The van der Waals surface area contributed by atoms with Gasteiger partial charge in [-0.3, -0.25) is 0 Å². The first-order valence-electron chi connectivity index (χ1n) is 6.47. The summed E-state index contributed by atoms with van der Waals surface area (Å²) in [7, 11) is -3.47. The maximum absolute atomic E-state index is 12.5. The lowest BCUT2D eigenvalue weighted by molar-refractivity contribution is 0.594. The van der Waals surface area contributed by atoms with E-state index in [9.17, 15) is 8.42 Å². The van der Waals surface area contributed by atoms with Gasteiger partial charge < -0.3 is 10.1 Å². The third-order valence-corrected chi connectivity index (χ3v) is 5.08. The topological polar surface area (TPSA) is 77.5 Å². The van der Waals surface area contributed by atoms with Crippen LogP contribution in [0.25, 0.3) is 5.65 Å². The number of aromatic nitrogens is 2. The van der Waals surface area contributed by atoms with Crippen molar-refractivity contribution in [2.24, 2.45) is 0 Å². The molecule has 0 saturated heterocycles. The molecular formula is C15H15N3O2S. The quantitative estimate of drug-likeness (QED) is 0.752. The fourth-order valence-corrected chi connectivity index (χ4v) is 3.84. The van der Waals surface area contributed by atoms with Gasteiger partial charge in [-0.15, -0.1) is 0 Å². The number of benzene rings is 1. The van der Waals surface area contributed by atoms with Crippen LogP contribution in [0, 0.1) is 6.92 Å². The van der Waals surface area contributed by atoms with Crippen LogP contribution in [0.2, 0.25) is 0 Å². The predicted octanol–water partition coefficient (Wildman–Crippen LogP) is 2.20. The highest BCUT2D eigenvalue weighted by molar-refractivity contribution is 7.90. The van der Waals surface area contributed by atoms with Crippen molar-refractivity contribution < 1.29 is 8.42 Å². The second-order valence-corrected chi connectivity index (χ2v) is 6.94. The molecule has 3 aromatic rings. The number of anilines is 1. The van der Waals surface area contributed by atoms with Crippen LogP contribution in [-0.4, -0.2) is 17.8 Å². The van der Waals surface area contributed by atoms with E-state index in [1.54, 1.807) is 29.7 Å². The Labute approximate surface area is 123 Å². The van der Waals surface area contributed by atoms with Crippen molar-refractivity contribution in [2.75, 3.05) is 5.73 Å². The number of pyridine rings is 1. The summed E-state index contributed by atoms with van der Waals surface area (Å²) >= 11 is 0. The number of nitrogen functional groups attached to an aromatic ring is 1. The van der Waals surface area contributed by atoms with Crippen LogP contribution in [0.4, 0.5) is 5.69 Å². The van der Waals surface area contributed by atoms with Crippen molar-refractivity contribution in [3.05, 3.63) is 60.0 Å². The van der Waals surface area contributed by atoms with Crippen LogP contribution in [0.3, 0.4) is 0 Å². The average Bonchev–Trinajstić information content (AvgIpc) is 2.82. The van der Waals surface area contributed by atoms with Crippen LogP contribution >= 0.6 is 0 Å². The van der Waals surface area contributed by atoms with Gasteiger partial charge in [-0.25, -0.2) is 13.4 Å². The van der Waals surface area contributed by atoms with Gasteiger partial charge in [0.05, 0.1) is 16.3 Å². The molecule has 0 unspecified atom stereocenters. The van der Waals surface area contributed by atoms with Gasteiger partial charge in [0.1, 0.15) is 5.65 Å². The summed E-state index contributed by atoms with van der Waals surface area (Å²) in [6.45, 7) is 1.76. The summed E-state index contributed by atoms with van der Waals surface area (Å²) in [5, 5.41) is 0. The Morgan fingerprint density at radius 3 is 2.81 bits per heavy atom. The van der Waals surface area contributed by atoms with E-state index in [1.807, 2.05) is 24.4 Å². The smallest absolute Gasteiger partial charge is 0.184 e. The van der Waals surface area contributed by atoms with Crippen molar-refractivity contribution in [3.63, 3.8) is 0 Å². The molecule has 2 aromatic heterocycles. The second kappa shape index (κ2) is 4.89. The molecule has 0 fully saturated rings. The molecule has 6 heteroatoms. The van der Waals surface area contributed by atoms with Gasteiger partial charge in [0, 0.05) is 18.1 Å². The van der Waals surface area contributed by atoms with E-state index >= 15 is 0 Å². The van der Waals surface area contributed by atoms with Crippen molar-refractivity contribution >= 4 is 21.2 Å². The Morgan fingerprint density at radius 1 is 1.24 bits per heavy atom. The Balaban J connectivity index is 2.01. The monoisotopic (exact) mass is 301 g/mol. The number of nitrogens with zero attached hydrogens (tertiary/aromatic N) is 2. The van der Waals surface area contributed by atoms with Gasteiger partial charge in [-0.1, -0.05) is 12.1 Å². The highest BCUT2D eigenvalue weighted by atomic mass is 32.2. The highest BCUT2D eigenvalue weighted by Gasteiger charge is 2.19. The van der Waals surface area contributed by atoms with Gasteiger partial charge in [0.25, 0.3) is 0 Å². The highest BCUT2D eigenvalue weighted by Crippen LogP contribution is 2.22. The lowest BCUT2D eigenvalue weighted by Gasteiger charge is -2.07. The standard InChI is InChI=1S/C15H15N3O2S/c1-11-5-6-12(16)8-14(11)21(19,20)10-13-9-18-7-3-2-4-15(18)17-13/h2-9H,10,16H2,1H3. The lowest BCUT2D eigenvalue weighted by atomic mass is 10.2. The molecule has 0 bridgehead atoms. The number of aryl methyl sites for hydroxylation is 1. The summed E-state index contributed by atoms with van der Waals surface area (Å²) in [5.41, 5.74) is 8.07. The van der Waals surface area contributed by atoms with E-state index in [2.05, 4.69) is 4.98 Å². The summed E-state index contributed by atoms with van der Waals surface area (Å²) in [6, 6.07) is 10.5. The van der Waals surface area contributed by atoms with E-state index in [4.69, 9.17) is 5.73 Å². The predicted molar refractivity (Wildman–Crippen MR) is 81.7 cm³/mol. The third-order valence-electron chi connectivity index (χ3n) is 3.30. The van der Waals surface area contributed by atoms with Crippen molar-refractivity contribution in [1.82, 2.24) is 9.38 Å². The van der Waals surface area contributed by atoms with Gasteiger partial charge >= 0.3 is 0 Å². The molecule has 0 aliphatic heterocycles. The minimum atomic E-state index is -3.47. The first kappa shape index (κ1) is 13.6. The zero-order valence-electron chi connectivity index (χ0n) is 11.5. The second-order valence-electron chi connectivity index (χ2n) is 4.98. The Hall–Kier alpha value is -2.34. The third kappa shape index (κ3) is 2.62. The van der Waals surface area contributed by atoms with E-state index in [0.29, 0.717) is 16.9 Å². The van der Waals surface area contributed by atoms with Crippen LogP contribution in [0.5, 0.6) is 0 Å². The zero-order chi connectivity index (χ0) is 15.0. The lowest BCUT2D eigenvalue weighted by Crippen LogP contribution is -2.07. The average molecular weight is 301 g/mol. The first-order chi connectivity index (χ1) is 9.95. The number of imidazole rings is 1. The summed E-state index contributed by atoms with van der Waals surface area (Å²) in [4.78, 5) is 4.59. The van der Waals surface area contributed by atoms with Crippen LogP contribution in [-0.2, 0) is 15.6 Å². The van der Waals surface area contributed by atoms with Crippen molar-refractivity contribution in [3.8, 4) is 0 Å². The molecule has 108 valence electrons. The molecule has 2 N–H and O–H groups in total. The number of fused-ring (bicyclic) bond motifs is 1. The molecule has 3 rings (SSSR count). The largest absolute Gasteiger partial charge is 0.399 e. The Kier molecular flexibility index (Phi) is 3.17. The molecule has 0 aliphatic rings. The van der Waals surface area contributed by atoms with E-state index in [1.165, 1.54) is 6.07 Å². The van der Waals surface area contributed by atoms with Gasteiger partial charge in [0.15, 0.2) is 9.84 Å². The van der Waals surface area contributed by atoms with Crippen LogP contribution in [0.1, 0.15) is 11.3 Å². The molecule has 0 radical (unpaired) electrons. The molecule has 0 amide bonds. The van der Waals surface area contributed by atoms with E-state index < -0.39 is 9.84 Å². The fraction of sp³-hybridized carbons (Fsp3) is 0.133. The number of sulfone groups is 1. The number of nitrogens with two attached hydrogens (primary N) is 1. The summed E-state index contributed by atoms with van der Waals surface area (Å²) in [6.07, 6.45) is 3.57. The van der Waals surface area contributed by atoms with Crippen LogP contribution in [0.15, 0.2) is 53.7 Å². The molecule has 0 saturated carbocycles. The van der Waals surface area contributed by atoms with Crippen LogP contribution < -0.4 is 5.73 Å². The Bertz CT molecular complexity index is 881. The molecule has 1 aromatic carbocycles. The molecule has 5 nitrogen and oxygen atoms in total. The molecule has 0 spiro atoms. The number of hydrogen-bond acceptors (Lipinski definition) is 4. The molecule has 0 aliphatic carbocycles. The fourth-order valence-electron chi connectivity index (χ4n) is 2.28. The van der Waals surface area contributed by atoms with E-state index in [0.717, 1.165) is 5.65 Å². The molecule has 0 atom stereocenters. The molecule has 2 heterocycles. The molecular weight excluding hydrogens is 286 g/mol. The van der Waals surface area contributed by atoms with Gasteiger partial charge in [-0.05, 0) is 36.8 Å². The number of rotatable bonds is 3. The SMILES string of the molecule is Cc1ccc(N)cc1S(=O)(=O)Cc1cn2ccccc2n1. The minimum Gasteiger partial charge on any atom is -0.399 e. The maximum Gasteiger partial charge on any atom is 0.184 e. The minimum absolute atomic E-state index is 0.140. The van der Waals surface area contributed by atoms with Crippen molar-refractivity contribution in [1.29, 1.82) is 0 Å². The molecule has 21 heavy (non-hydrogen) atoms. The first-order valence-corrected chi connectivity index (χ1v) is 8.12. The van der Waals surface area contributed by atoms with Crippen molar-refractivity contribution in [2.45, 2.75) is 17.6 Å². The van der Waals surface area contributed by atoms with Gasteiger partial charge in [0.2, 0.25) is 0 Å². The number of hydrogen-bond donors (Lipinski definition) is 1. The summed E-state index contributed by atoms with van der Waals surface area (Å²) < 4.78 is 26.9. The Morgan fingerprint density at radius 2 is 2.05 bits per heavy atom. The maximum atomic E-state index is 12.5. The van der Waals surface area contributed by atoms with E-state index in [-0.39, 0.29) is 10.6 Å². The van der Waals surface area contributed by atoms with Gasteiger partial charge in [-0.2, -0.15) is 0 Å². The normalized spacial score (nSPS) is 11.9.